The zero-order chi connectivity index (χ0) is 17.7. The highest BCUT2D eigenvalue weighted by Gasteiger charge is 2.38. The van der Waals surface area contributed by atoms with E-state index in [2.05, 4.69) is 43.5 Å². The van der Waals surface area contributed by atoms with Crippen molar-refractivity contribution in [2.24, 2.45) is 0 Å². The van der Waals surface area contributed by atoms with Gasteiger partial charge in [-0.25, -0.2) is 0 Å². The van der Waals surface area contributed by atoms with Crippen LogP contribution in [-0.4, -0.2) is 16.0 Å². The van der Waals surface area contributed by atoms with Crippen molar-refractivity contribution in [3.63, 3.8) is 0 Å². The molecule has 2 heterocycles. The zero-order valence-electron chi connectivity index (χ0n) is 14.5. The lowest BCUT2D eigenvalue weighted by atomic mass is 9.89. The molecule has 25 heavy (non-hydrogen) atoms. The molecule has 5 nitrogen and oxygen atoms in total. The number of nitrogens with one attached hydrogen (secondary N) is 1. The van der Waals surface area contributed by atoms with Crippen molar-refractivity contribution >= 4 is 33.2 Å². The number of rotatable bonds is 6. The van der Waals surface area contributed by atoms with Gasteiger partial charge in [0.2, 0.25) is 11.8 Å². The second-order valence-electron chi connectivity index (χ2n) is 6.74. The van der Waals surface area contributed by atoms with E-state index in [-0.39, 0.29) is 5.91 Å². The first-order chi connectivity index (χ1) is 12.1. The molecule has 0 aromatic carbocycles. The molecule has 0 saturated heterocycles. The maximum absolute atomic E-state index is 12.6. The van der Waals surface area contributed by atoms with E-state index in [4.69, 9.17) is 4.52 Å². The lowest BCUT2D eigenvalue weighted by Gasteiger charge is -2.30. The fourth-order valence-electron chi connectivity index (χ4n) is 3.47. The third-order valence-electron chi connectivity index (χ3n) is 4.75. The summed E-state index contributed by atoms with van der Waals surface area (Å²) in [5.41, 5.74) is -0.461. The molecule has 2 aromatic heterocycles. The van der Waals surface area contributed by atoms with Crippen LogP contribution in [-0.2, 0) is 16.8 Å². The standard InChI is InChI=1S/C18H24BrN3O2S/c1-13-20-17(22-24-13)18(11-4-2-3-5-12-18)21-16(23)8-6-7-14-9-10-15(19)25-14/h9-10H,2-8,11-12H2,1H3,(H,21,23). The van der Waals surface area contributed by atoms with E-state index in [1.807, 2.05) is 0 Å². The predicted molar refractivity (Wildman–Crippen MR) is 102 cm³/mol. The van der Waals surface area contributed by atoms with E-state index in [9.17, 15) is 4.79 Å². The number of aromatic nitrogens is 2. The van der Waals surface area contributed by atoms with Crippen molar-refractivity contribution < 1.29 is 9.32 Å². The van der Waals surface area contributed by atoms with Gasteiger partial charge >= 0.3 is 0 Å². The molecule has 1 saturated carbocycles. The summed E-state index contributed by atoms with van der Waals surface area (Å²) in [6.07, 6.45) is 8.62. The number of carbonyl (C=O) groups excluding carboxylic acids is 1. The Morgan fingerprint density at radius 2 is 2.08 bits per heavy atom. The van der Waals surface area contributed by atoms with Crippen LogP contribution < -0.4 is 5.32 Å². The van der Waals surface area contributed by atoms with E-state index in [0.29, 0.717) is 18.1 Å². The van der Waals surface area contributed by atoms with Crippen molar-refractivity contribution in [1.29, 1.82) is 0 Å². The first kappa shape index (κ1) is 18.6. The number of halogens is 1. The van der Waals surface area contributed by atoms with Gasteiger partial charge in [-0.3, -0.25) is 4.79 Å². The third-order valence-corrected chi connectivity index (χ3v) is 6.43. The molecule has 3 rings (SSSR count). The largest absolute Gasteiger partial charge is 0.343 e. The van der Waals surface area contributed by atoms with Crippen LogP contribution in [0.25, 0.3) is 0 Å². The molecule has 1 aliphatic rings. The van der Waals surface area contributed by atoms with Gasteiger partial charge in [-0.05, 0) is 53.7 Å². The molecule has 7 heteroatoms. The maximum Gasteiger partial charge on any atom is 0.223 e. The summed E-state index contributed by atoms with van der Waals surface area (Å²) >= 11 is 5.21. The SMILES string of the molecule is Cc1nc(C2(NC(=O)CCCc3ccc(Br)s3)CCCCCC2)no1. The third kappa shape index (κ3) is 4.91. The highest BCUT2D eigenvalue weighted by Crippen LogP contribution is 2.34. The maximum atomic E-state index is 12.6. The first-order valence-electron chi connectivity index (χ1n) is 8.93. The molecule has 0 radical (unpaired) electrons. The van der Waals surface area contributed by atoms with Crippen molar-refractivity contribution in [3.8, 4) is 0 Å². The highest BCUT2D eigenvalue weighted by molar-refractivity contribution is 9.11. The quantitative estimate of drug-likeness (QED) is 0.668. The van der Waals surface area contributed by atoms with Crippen molar-refractivity contribution in [2.45, 2.75) is 70.3 Å². The van der Waals surface area contributed by atoms with Crippen LogP contribution >= 0.6 is 27.3 Å². The lowest BCUT2D eigenvalue weighted by molar-refractivity contribution is -0.123. The summed E-state index contributed by atoms with van der Waals surface area (Å²) in [5.74, 6) is 1.28. The highest BCUT2D eigenvalue weighted by atomic mass is 79.9. The second kappa shape index (κ2) is 8.45. The fourth-order valence-corrected chi connectivity index (χ4v) is 4.99. The number of amides is 1. The molecular weight excluding hydrogens is 402 g/mol. The van der Waals surface area contributed by atoms with E-state index in [0.717, 1.165) is 42.3 Å². The fraction of sp³-hybridized carbons (Fsp3) is 0.611. The lowest BCUT2D eigenvalue weighted by Crippen LogP contribution is -2.46. The van der Waals surface area contributed by atoms with Crippen LogP contribution in [0.1, 0.15) is 68.0 Å². The Morgan fingerprint density at radius 1 is 1.32 bits per heavy atom. The number of carbonyl (C=O) groups is 1. The van der Waals surface area contributed by atoms with Gasteiger partial charge < -0.3 is 9.84 Å². The van der Waals surface area contributed by atoms with Crippen LogP contribution in [0.4, 0.5) is 0 Å². The summed E-state index contributed by atoms with van der Waals surface area (Å²) in [6.45, 7) is 1.79. The minimum atomic E-state index is -0.461. The van der Waals surface area contributed by atoms with Gasteiger partial charge in [0.1, 0.15) is 5.54 Å². The average molecular weight is 426 g/mol. The molecule has 136 valence electrons. The summed E-state index contributed by atoms with van der Waals surface area (Å²) in [4.78, 5) is 18.3. The summed E-state index contributed by atoms with van der Waals surface area (Å²) in [5, 5.41) is 7.40. The van der Waals surface area contributed by atoms with Gasteiger partial charge in [-0.1, -0.05) is 30.8 Å². The molecule has 0 atom stereocenters. The normalized spacial score (nSPS) is 17.2. The Kier molecular flexibility index (Phi) is 6.28. The molecular formula is C18H24BrN3O2S. The number of hydrogen-bond donors (Lipinski definition) is 1. The molecule has 1 fully saturated rings. The van der Waals surface area contributed by atoms with Gasteiger partial charge in [0.15, 0.2) is 5.82 Å². The molecule has 1 aliphatic carbocycles. The number of thiophene rings is 1. The van der Waals surface area contributed by atoms with E-state index >= 15 is 0 Å². The van der Waals surface area contributed by atoms with E-state index < -0.39 is 5.54 Å². The molecule has 0 bridgehead atoms. The Morgan fingerprint density at radius 3 is 2.68 bits per heavy atom. The zero-order valence-corrected chi connectivity index (χ0v) is 16.9. The van der Waals surface area contributed by atoms with Gasteiger partial charge in [0.05, 0.1) is 3.79 Å². The Balaban J connectivity index is 1.62. The minimum Gasteiger partial charge on any atom is -0.343 e. The topological polar surface area (TPSA) is 68.0 Å². The molecule has 0 aliphatic heterocycles. The Hall–Kier alpha value is -1.21. The van der Waals surface area contributed by atoms with Gasteiger partial charge in [-0.2, -0.15) is 4.98 Å². The van der Waals surface area contributed by atoms with Crippen LogP contribution in [0.3, 0.4) is 0 Å². The van der Waals surface area contributed by atoms with E-state index in [1.54, 1.807) is 18.3 Å². The first-order valence-corrected chi connectivity index (χ1v) is 10.5. The number of hydrogen-bond acceptors (Lipinski definition) is 5. The summed E-state index contributed by atoms with van der Waals surface area (Å²) < 4.78 is 6.33. The molecule has 1 amide bonds. The molecule has 1 N–H and O–H groups in total. The van der Waals surface area contributed by atoms with Gasteiger partial charge in [-0.15, -0.1) is 11.3 Å². The second-order valence-corrected chi connectivity index (χ2v) is 9.29. The number of aryl methyl sites for hydroxylation is 2. The van der Waals surface area contributed by atoms with Crippen molar-refractivity contribution in [2.75, 3.05) is 0 Å². The monoisotopic (exact) mass is 425 g/mol. The Labute approximate surface area is 160 Å². The van der Waals surface area contributed by atoms with E-state index in [1.165, 1.54) is 17.7 Å². The van der Waals surface area contributed by atoms with Crippen molar-refractivity contribution in [1.82, 2.24) is 15.5 Å². The summed E-state index contributed by atoms with van der Waals surface area (Å²) in [7, 11) is 0. The van der Waals surface area contributed by atoms with Crippen LogP contribution in [0.2, 0.25) is 0 Å². The van der Waals surface area contributed by atoms with Crippen molar-refractivity contribution in [3.05, 3.63) is 32.5 Å². The minimum absolute atomic E-state index is 0.0833. The van der Waals surface area contributed by atoms with Crippen LogP contribution in [0, 0.1) is 6.92 Å². The smallest absolute Gasteiger partial charge is 0.223 e. The molecule has 0 spiro atoms. The van der Waals surface area contributed by atoms with Crippen LogP contribution in [0.5, 0.6) is 0 Å². The molecule has 0 unspecified atom stereocenters. The average Bonchev–Trinajstić information content (AvgIpc) is 3.12. The van der Waals surface area contributed by atoms with Gasteiger partial charge in [0, 0.05) is 18.2 Å². The van der Waals surface area contributed by atoms with Gasteiger partial charge in [0.25, 0.3) is 0 Å². The van der Waals surface area contributed by atoms with Crippen LogP contribution in [0.15, 0.2) is 20.4 Å². The Bertz CT molecular complexity index is 705. The predicted octanol–water partition coefficient (Wildman–Crippen LogP) is 4.89. The molecule has 2 aromatic rings. The number of nitrogens with zero attached hydrogens (tertiary/aromatic N) is 2. The summed E-state index contributed by atoms with van der Waals surface area (Å²) in [6, 6.07) is 4.17.